The molecule has 0 radical (unpaired) electrons. The number of hydrogen-bond donors (Lipinski definition) is 1. The number of carbonyl (C=O) groups excluding carboxylic acids is 3. The van der Waals surface area contributed by atoms with E-state index in [0.29, 0.717) is 36.3 Å². The molecule has 0 bridgehead atoms. The first-order chi connectivity index (χ1) is 18.4. The van der Waals surface area contributed by atoms with Gasteiger partial charge >= 0.3 is 6.09 Å². The molecule has 1 aromatic carbocycles. The first kappa shape index (κ1) is 29.7. The smallest absolute Gasteiger partial charge is 0.410 e. The minimum atomic E-state index is -0.573. The Bertz CT molecular complexity index is 1070. The molecule has 1 aliphatic carbocycles. The van der Waals surface area contributed by atoms with E-state index < -0.39 is 5.60 Å². The number of ether oxygens (including phenoxy) is 1. The Kier molecular flexibility index (Phi) is 9.48. The zero-order chi connectivity index (χ0) is 28.3. The highest BCUT2D eigenvalue weighted by molar-refractivity contribution is 6.31. The molecule has 216 valence electrons. The molecule has 2 atom stereocenters. The highest BCUT2D eigenvalue weighted by atomic mass is 35.5. The van der Waals surface area contributed by atoms with Gasteiger partial charge < -0.3 is 19.9 Å². The number of piperazine rings is 1. The summed E-state index contributed by atoms with van der Waals surface area (Å²) in [5, 5.41) is 3.67. The summed E-state index contributed by atoms with van der Waals surface area (Å²) in [7, 11) is 0. The van der Waals surface area contributed by atoms with Gasteiger partial charge in [0.05, 0.1) is 5.92 Å². The predicted molar refractivity (Wildman–Crippen MR) is 154 cm³/mol. The van der Waals surface area contributed by atoms with E-state index in [0.717, 1.165) is 56.4 Å². The van der Waals surface area contributed by atoms with Gasteiger partial charge in [-0.05, 0) is 83.6 Å². The van der Waals surface area contributed by atoms with Crippen LogP contribution in [0.5, 0.6) is 0 Å². The molecule has 3 fully saturated rings. The highest BCUT2D eigenvalue weighted by Gasteiger charge is 2.34. The van der Waals surface area contributed by atoms with Crippen LogP contribution in [0.4, 0.5) is 10.5 Å². The monoisotopic (exact) mass is 560 g/mol. The highest BCUT2D eigenvalue weighted by Crippen LogP contribution is 2.30. The largest absolute Gasteiger partial charge is 0.444 e. The summed E-state index contributed by atoms with van der Waals surface area (Å²) in [6, 6.07) is 3.94. The molecule has 0 aromatic heterocycles. The molecule has 0 unspecified atom stereocenters. The molecule has 2 aliphatic heterocycles. The number of piperidine rings is 1. The molecule has 0 spiro atoms. The SMILES string of the molecule is Cc1c(CN2CCN(C(=O)C3CCCC3)[C@@H](C)C2)cc(Cl)cc1NC(=O)[C@@H]1CCCN(C(=O)OC(C)(C)C)C1. The number of hydrogen-bond acceptors (Lipinski definition) is 5. The molecule has 2 saturated heterocycles. The fourth-order valence-corrected chi connectivity index (χ4v) is 6.34. The van der Waals surface area contributed by atoms with E-state index in [1.807, 2.05) is 33.8 Å². The Labute approximate surface area is 238 Å². The van der Waals surface area contributed by atoms with E-state index in [9.17, 15) is 14.4 Å². The van der Waals surface area contributed by atoms with Crippen molar-refractivity contribution in [1.82, 2.24) is 14.7 Å². The maximum atomic E-state index is 13.3. The van der Waals surface area contributed by atoms with Crippen molar-refractivity contribution < 1.29 is 19.1 Å². The molecule has 8 nitrogen and oxygen atoms in total. The van der Waals surface area contributed by atoms with Crippen LogP contribution in [-0.2, 0) is 20.9 Å². The topological polar surface area (TPSA) is 82.2 Å². The standard InChI is InChI=1S/C30H45ClN4O4/c1-20-17-33(13-14-35(20)28(37)22-9-6-7-10-22)18-24-15-25(31)16-26(21(24)2)32-27(36)23-11-8-12-34(19-23)29(38)39-30(3,4)5/h15-16,20,22-23H,6-14,17-19H2,1-5H3,(H,32,36)/t20-,23+/m0/s1. The van der Waals surface area contributed by atoms with Gasteiger partial charge in [-0.15, -0.1) is 0 Å². The van der Waals surface area contributed by atoms with Crippen molar-refractivity contribution >= 4 is 35.2 Å². The third kappa shape index (κ3) is 7.66. The van der Waals surface area contributed by atoms with Crippen LogP contribution in [0.25, 0.3) is 0 Å². The molecule has 1 saturated carbocycles. The third-order valence-electron chi connectivity index (χ3n) is 8.27. The van der Waals surface area contributed by atoms with Gasteiger partial charge in [0.2, 0.25) is 11.8 Å². The first-order valence-corrected chi connectivity index (χ1v) is 14.9. The molecule has 39 heavy (non-hydrogen) atoms. The van der Waals surface area contributed by atoms with Gasteiger partial charge in [-0.3, -0.25) is 14.5 Å². The predicted octanol–water partition coefficient (Wildman–Crippen LogP) is 5.46. The number of anilines is 1. The number of benzene rings is 1. The Morgan fingerprint density at radius 1 is 1.00 bits per heavy atom. The van der Waals surface area contributed by atoms with E-state index in [1.165, 1.54) is 12.8 Å². The maximum Gasteiger partial charge on any atom is 0.410 e. The molecule has 2 heterocycles. The summed E-state index contributed by atoms with van der Waals surface area (Å²) in [5.41, 5.74) is 2.19. The number of nitrogens with one attached hydrogen (secondary N) is 1. The van der Waals surface area contributed by atoms with E-state index in [2.05, 4.69) is 22.0 Å². The van der Waals surface area contributed by atoms with Crippen molar-refractivity contribution in [2.45, 2.75) is 91.3 Å². The average molecular weight is 561 g/mol. The first-order valence-electron chi connectivity index (χ1n) is 14.5. The number of carbonyl (C=O) groups is 3. The second kappa shape index (κ2) is 12.5. The van der Waals surface area contributed by atoms with E-state index in [-0.39, 0.29) is 29.9 Å². The Morgan fingerprint density at radius 2 is 1.69 bits per heavy atom. The molecule has 1 N–H and O–H groups in total. The zero-order valence-corrected chi connectivity index (χ0v) is 25.0. The van der Waals surface area contributed by atoms with Crippen LogP contribution in [0.2, 0.25) is 5.02 Å². The lowest BCUT2D eigenvalue weighted by Gasteiger charge is -2.41. The Morgan fingerprint density at radius 3 is 2.36 bits per heavy atom. The quantitative estimate of drug-likeness (QED) is 0.517. The average Bonchev–Trinajstić information content (AvgIpc) is 3.41. The van der Waals surface area contributed by atoms with Crippen LogP contribution < -0.4 is 5.32 Å². The number of likely N-dealkylation sites (tertiary alicyclic amines) is 1. The van der Waals surface area contributed by atoms with Crippen molar-refractivity contribution in [3.05, 3.63) is 28.3 Å². The van der Waals surface area contributed by atoms with Crippen molar-refractivity contribution in [3.63, 3.8) is 0 Å². The van der Waals surface area contributed by atoms with Crippen LogP contribution in [-0.4, -0.2) is 77.0 Å². The fraction of sp³-hybridized carbons (Fsp3) is 0.700. The molecular weight excluding hydrogens is 516 g/mol. The normalized spacial score (nSPS) is 23.1. The van der Waals surface area contributed by atoms with E-state index in [1.54, 1.807) is 11.0 Å². The van der Waals surface area contributed by atoms with Crippen molar-refractivity contribution in [3.8, 4) is 0 Å². The zero-order valence-electron chi connectivity index (χ0n) is 24.2. The minimum absolute atomic E-state index is 0.104. The van der Waals surface area contributed by atoms with Gasteiger partial charge in [-0.1, -0.05) is 24.4 Å². The maximum absolute atomic E-state index is 13.3. The number of nitrogens with zero attached hydrogens (tertiary/aromatic N) is 3. The van der Waals surface area contributed by atoms with Gasteiger partial charge in [0.15, 0.2) is 0 Å². The van der Waals surface area contributed by atoms with Crippen molar-refractivity contribution in [2.75, 3.05) is 38.0 Å². The molecule has 4 rings (SSSR count). The van der Waals surface area contributed by atoms with Gasteiger partial charge in [0.1, 0.15) is 5.60 Å². The third-order valence-corrected chi connectivity index (χ3v) is 8.49. The molecule has 1 aromatic rings. The summed E-state index contributed by atoms with van der Waals surface area (Å²) < 4.78 is 5.51. The Balaban J connectivity index is 1.37. The van der Waals surface area contributed by atoms with Gasteiger partial charge in [-0.2, -0.15) is 0 Å². The van der Waals surface area contributed by atoms with Gasteiger partial charge in [-0.25, -0.2) is 4.79 Å². The second-order valence-corrected chi connectivity index (χ2v) is 13.0. The lowest BCUT2D eigenvalue weighted by molar-refractivity contribution is -0.140. The van der Waals surface area contributed by atoms with Crippen molar-refractivity contribution in [2.24, 2.45) is 11.8 Å². The minimum Gasteiger partial charge on any atom is -0.444 e. The lowest BCUT2D eigenvalue weighted by atomic mass is 9.97. The number of halogens is 1. The van der Waals surface area contributed by atoms with Gasteiger partial charge in [0, 0.05) is 61.9 Å². The van der Waals surface area contributed by atoms with Crippen molar-refractivity contribution in [1.29, 1.82) is 0 Å². The molecule has 3 aliphatic rings. The van der Waals surface area contributed by atoms with Crippen LogP contribution in [0.1, 0.15) is 77.3 Å². The fourth-order valence-electron chi connectivity index (χ4n) is 6.10. The van der Waals surface area contributed by atoms with E-state index >= 15 is 0 Å². The lowest BCUT2D eigenvalue weighted by Crippen LogP contribution is -2.54. The molecular formula is C30H45ClN4O4. The van der Waals surface area contributed by atoms with Crippen LogP contribution in [0, 0.1) is 18.8 Å². The second-order valence-electron chi connectivity index (χ2n) is 12.6. The number of rotatable bonds is 5. The summed E-state index contributed by atoms with van der Waals surface area (Å²) in [4.78, 5) is 44.9. The molecule has 9 heteroatoms. The van der Waals surface area contributed by atoms with Crippen LogP contribution >= 0.6 is 11.6 Å². The van der Waals surface area contributed by atoms with E-state index in [4.69, 9.17) is 16.3 Å². The van der Waals surface area contributed by atoms with Crippen LogP contribution in [0.15, 0.2) is 12.1 Å². The Hall–Kier alpha value is -2.32. The summed E-state index contributed by atoms with van der Waals surface area (Å²) >= 11 is 6.51. The van der Waals surface area contributed by atoms with Crippen LogP contribution in [0.3, 0.4) is 0 Å². The summed E-state index contributed by atoms with van der Waals surface area (Å²) in [6.45, 7) is 13.7. The van der Waals surface area contributed by atoms with Gasteiger partial charge in [0.25, 0.3) is 0 Å². The summed E-state index contributed by atoms with van der Waals surface area (Å²) in [6.07, 6.45) is 5.49. The molecule has 3 amide bonds. The number of amides is 3. The summed E-state index contributed by atoms with van der Waals surface area (Å²) in [5.74, 6) is 0.129.